The summed E-state index contributed by atoms with van der Waals surface area (Å²) in [6.45, 7) is 1.65. The third kappa shape index (κ3) is 1.93. The van der Waals surface area contributed by atoms with E-state index in [1.165, 1.54) is 0 Å². The SMILES string of the molecule is CN(c1cccs1)c1nc(=O)[nH]c2c1CNCC2. The van der Waals surface area contributed by atoms with E-state index in [1.54, 1.807) is 11.3 Å². The zero-order valence-electron chi connectivity index (χ0n) is 10.1. The Morgan fingerprint density at radius 1 is 1.50 bits per heavy atom. The van der Waals surface area contributed by atoms with Gasteiger partial charge in [-0.15, -0.1) is 11.3 Å². The number of rotatable bonds is 2. The smallest absolute Gasteiger partial charge is 0.321 e. The first-order valence-electron chi connectivity index (χ1n) is 5.86. The standard InChI is InChI=1S/C12H14N4OS/c1-16(10-3-2-6-18-10)11-8-7-13-5-4-9(8)14-12(17)15-11/h2-3,6,13H,4-5,7H2,1H3,(H,14,15,17). The van der Waals surface area contributed by atoms with Gasteiger partial charge in [-0.2, -0.15) is 4.98 Å². The first kappa shape index (κ1) is 11.4. The molecule has 2 aromatic rings. The van der Waals surface area contributed by atoms with Gasteiger partial charge < -0.3 is 15.2 Å². The summed E-state index contributed by atoms with van der Waals surface area (Å²) in [7, 11) is 1.95. The third-order valence-corrected chi connectivity index (χ3v) is 4.05. The maximum absolute atomic E-state index is 11.6. The van der Waals surface area contributed by atoms with Crippen LogP contribution >= 0.6 is 11.3 Å². The molecule has 0 bridgehead atoms. The fraction of sp³-hybridized carbons (Fsp3) is 0.333. The lowest BCUT2D eigenvalue weighted by Gasteiger charge is -2.24. The second-order valence-electron chi connectivity index (χ2n) is 4.26. The van der Waals surface area contributed by atoms with Gasteiger partial charge in [-0.1, -0.05) is 0 Å². The van der Waals surface area contributed by atoms with Gasteiger partial charge in [0, 0.05) is 37.8 Å². The van der Waals surface area contributed by atoms with Crippen molar-refractivity contribution in [2.24, 2.45) is 0 Å². The second-order valence-corrected chi connectivity index (χ2v) is 5.19. The Morgan fingerprint density at radius 2 is 2.39 bits per heavy atom. The molecule has 0 atom stereocenters. The molecule has 3 heterocycles. The fourth-order valence-corrected chi connectivity index (χ4v) is 2.90. The van der Waals surface area contributed by atoms with Crippen LogP contribution in [0.15, 0.2) is 22.3 Å². The third-order valence-electron chi connectivity index (χ3n) is 3.11. The molecule has 2 aromatic heterocycles. The van der Waals surface area contributed by atoms with Crippen LogP contribution in [-0.2, 0) is 13.0 Å². The molecule has 0 saturated heterocycles. The van der Waals surface area contributed by atoms with Gasteiger partial charge in [0.2, 0.25) is 0 Å². The van der Waals surface area contributed by atoms with Gasteiger partial charge >= 0.3 is 5.69 Å². The van der Waals surface area contributed by atoms with E-state index >= 15 is 0 Å². The summed E-state index contributed by atoms with van der Waals surface area (Å²) in [4.78, 5) is 20.6. The van der Waals surface area contributed by atoms with E-state index < -0.39 is 0 Å². The van der Waals surface area contributed by atoms with Crippen LogP contribution in [0.3, 0.4) is 0 Å². The molecule has 1 aliphatic heterocycles. The fourth-order valence-electron chi connectivity index (χ4n) is 2.20. The molecule has 0 radical (unpaired) electrons. The number of nitrogens with one attached hydrogen (secondary N) is 2. The quantitative estimate of drug-likeness (QED) is 0.855. The summed E-state index contributed by atoms with van der Waals surface area (Å²) in [5.74, 6) is 0.753. The molecule has 3 rings (SSSR count). The molecule has 0 aromatic carbocycles. The molecule has 0 fully saturated rings. The number of hydrogen-bond acceptors (Lipinski definition) is 5. The average Bonchev–Trinajstić information content (AvgIpc) is 2.90. The molecule has 2 N–H and O–H groups in total. The monoisotopic (exact) mass is 262 g/mol. The van der Waals surface area contributed by atoms with Crippen molar-refractivity contribution in [3.05, 3.63) is 39.3 Å². The summed E-state index contributed by atoms with van der Waals surface area (Å²) >= 11 is 1.64. The molecule has 0 aliphatic carbocycles. The van der Waals surface area contributed by atoms with Crippen molar-refractivity contribution in [3.63, 3.8) is 0 Å². The maximum Gasteiger partial charge on any atom is 0.347 e. The van der Waals surface area contributed by atoms with Crippen LogP contribution in [0.1, 0.15) is 11.3 Å². The molecule has 5 nitrogen and oxygen atoms in total. The highest BCUT2D eigenvalue weighted by atomic mass is 32.1. The Morgan fingerprint density at radius 3 is 3.17 bits per heavy atom. The van der Waals surface area contributed by atoms with Crippen molar-refractivity contribution in [3.8, 4) is 0 Å². The Hall–Kier alpha value is -1.66. The lowest BCUT2D eigenvalue weighted by Crippen LogP contribution is -2.31. The number of aromatic nitrogens is 2. The van der Waals surface area contributed by atoms with E-state index in [0.717, 1.165) is 41.6 Å². The van der Waals surface area contributed by atoms with Gasteiger partial charge in [0.25, 0.3) is 0 Å². The number of fused-ring (bicyclic) bond motifs is 1. The van der Waals surface area contributed by atoms with Crippen LogP contribution in [0.25, 0.3) is 0 Å². The van der Waals surface area contributed by atoms with Gasteiger partial charge in [0.1, 0.15) is 5.82 Å². The predicted octanol–water partition coefficient (Wildman–Crippen LogP) is 1.24. The number of hydrogen-bond donors (Lipinski definition) is 2. The van der Waals surface area contributed by atoms with Gasteiger partial charge in [0.15, 0.2) is 0 Å². The van der Waals surface area contributed by atoms with Crippen LogP contribution in [0.5, 0.6) is 0 Å². The molecule has 0 spiro atoms. The molecular weight excluding hydrogens is 248 g/mol. The molecule has 0 amide bonds. The zero-order valence-corrected chi connectivity index (χ0v) is 10.9. The zero-order chi connectivity index (χ0) is 12.5. The summed E-state index contributed by atoms with van der Waals surface area (Å²) in [5.41, 5.74) is 1.83. The normalized spacial score (nSPS) is 14.3. The van der Waals surface area contributed by atoms with Gasteiger partial charge in [-0.05, 0) is 17.5 Å². The maximum atomic E-state index is 11.6. The Bertz CT molecular complexity index is 605. The molecule has 0 saturated carbocycles. The lowest BCUT2D eigenvalue weighted by molar-refractivity contribution is 0.622. The number of H-pyrrole nitrogens is 1. The van der Waals surface area contributed by atoms with Crippen LogP contribution in [-0.4, -0.2) is 23.6 Å². The number of aromatic amines is 1. The van der Waals surface area contributed by atoms with Crippen molar-refractivity contribution in [1.82, 2.24) is 15.3 Å². The second kappa shape index (κ2) is 4.55. The summed E-state index contributed by atoms with van der Waals surface area (Å²) in [5, 5.41) is 6.42. The van der Waals surface area contributed by atoms with Crippen molar-refractivity contribution < 1.29 is 0 Å². The van der Waals surface area contributed by atoms with E-state index in [0.29, 0.717) is 0 Å². The van der Waals surface area contributed by atoms with Crippen LogP contribution < -0.4 is 15.9 Å². The van der Waals surface area contributed by atoms with Gasteiger partial charge in [0.05, 0.1) is 5.00 Å². The van der Waals surface area contributed by atoms with Crippen LogP contribution in [0, 0.1) is 0 Å². The van der Waals surface area contributed by atoms with Crippen molar-refractivity contribution >= 4 is 22.2 Å². The van der Waals surface area contributed by atoms with E-state index in [2.05, 4.69) is 15.3 Å². The summed E-state index contributed by atoms with van der Waals surface area (Å²) in [6.07, 6.45) is 0.846. The minimum Gasteiger partial charge on any atom is -0.321 e. The van der Waals surface area contributed by atoms with E-state index in [9.17, 15) is 4.79 Å². The van der Waals surface area contributed by atoms with E-state index in [4.69, 9.17) is 0 Å². The lowest BCUT2D eigenvalue weighted by atomic mass is 10.1. The molecule has 1 aliphatic rings. The largest absolute Gasteiger partial charge is 0.347 e. The Labute approximate surface area is 108 Å². The van der Waals surface area contributed by atoms with Gasteiger partial charge in [-0.3, -0.25) is 0 Å². The Kier molecular flexibility index (Phi) is 2.89. The summed E-state index contributed by atoms with van der Waals surface area (Å²) in [6, 6.07) is 4.02. The highest BCUT2D eigenvalue weighted by molar-refractivity contribution is 7.14. The van der Waals surface area contributed by atoms with Gasteiger partial charge in [-0.25, -0.2) is 4.79 Å². The molecule has 0 unspecified atom stereocenters. The highest BCUT2D eigenvalue weighted by Gasteiger charge is 2.19. The molecule has 94 valence electrons. The van der Waals surface area contributed by atoms with Crippen molar-refractivity contribution in [2.75, 3.05) is 18.5 Å². The minimum absolute atomic E-state index is 0.269. The van der Waals surface area contributed by atoms with Crippen LogP contribution in [0.2, 0.25) is 0 Å². The van der Waals surface area contributed by atoms with Crippen molar-refractivity contribution in [2.45, 2.75) is 13.0 Å². The first-order chi connectivity index (χ1) is 8.75. The van der Waals surface area contributed by atoms with Crippen molar-refractivity contribution in [1.29, 1.82) is 0 Å². The number of nitrogens with zero attached hydrogens (tertiary/aromatic N) is 2. The first-order valence-corrected chi connectivity index (χ1v) is 6.73. The number of anilines is 2. The summed E-state index contributed by atoms with van der Waals surface area (Å²) < 4.78 is 0. The molecule has 6 heteroatoms. The molecular formula is C12H14N4OS. The Balaban J connectivity index is 2.11. The average molecular weight is 262 g/mol. The number of thiophene rings is 1. The van der Waals surface area contributed by atoms with E-state index in [-0.39, 0.29) is 5.69 Å². The topological polar surface area (TPSA) is 61.0 Å². The minimum atomic E-state index is -0.269. The van der Waals surface area contributed by atoms with Crippen LogP contribution in [0.4, 0.5) is 10.8 Å². The highest BCUT2D eigenvalue weighted by Crippen LogP contribution is 2.29. The predicted molar refractivity (Wildman–Crippen MR) is 72.7 cm³/mol. The van der Waals surface area contributed by atoms with E-state index in [1.807, 2.05) is 29.5 Å². The molecule has 18 heavy (non-hydrogen) atoms.